The van der Waals surface area contributed by atoms with E-state index >= 15 is 0 Å². The summed E-state index contributed by atoms with van der Waals surface area (Å²) in [6, 6.07) is 7.35. The van der Waals surface area contributed by atoms with E-state index < -0.39 is 12.2 Å². The molecule has 3 heterocycles. The Morgan fingerprint density at radius 3 is 2.53 bits per heavy atom. The maximum Gasteiger partial charge on any atom is 0.328 e. The van der Waals surface area contributed by atoms with Gasteiger partial charge in [0.2, 0.25) is 5.96 Å². The first-order valence-corrected chi connectivity index (χ1v) is 10.5. The van der Waals surface area contributed by atoms with Crippen LogP contribution in [-0.4, -0.2) is 71.6 Å². The van der Waals surface area contributed by atoms with E-state index in [0.29, 0.717) is 19.2 Å². The van der Waals surface area contributed by atoms with Gasteiger partial charge >= 0.3 is 6.03 Å². The SMILES string of the molecule is CCOCCN1C(=O)C2C(N=C3N(c4ccccc4CC)C(C)=C(C)N32)N(C)C1=O. The molecule has 1 aromatic rings. The van der Waals surface area contributed by atoms with Crippen molar-refractivity contribution in [3.05, 3.63) is 41.2 Å². The van der Waals surface area contributed by atoms with Crippen molar-refractivity contribution in [1.82, 2.24) is 14.7 Å². The summed E-state index contributed by atoms with van der Waals surface area (Å²) in [5.41, 5.74) is 4.29. The van der Waals surface area contributed by atoms with Gasteiger partial charge in [-0.3, -0.25) is 19.5 Å². The number of hydrogen-bond donors (Lipinski definition) is 0. The third kappa shape index (κ3) is 2.89. The smallest absolute Gasteiger partial charge is 0.328 e. The number of ether oxygens (including phenoxy) is 1. The number of anilines is 1. The Bertz CT molecular complexity index is 940. The van der Waals surface area contributed by atoms with E-state index in [-0.39, 0.29) is 18.5 Å². The first-order chi connectivity index (χ1) is 14.4. The van der Waals surface area contributed by atoms with Gasteiger partial charge in [0.25, 0.3) is 5.91 Å². The maximum atomic E-state index is 13.4. The lowest BCUT2D eigenvalue weighted by Gasteiger charge is -2.40. The quantitative estimate of drug-likeness (QED) is 0.673. The first-order valence-electron chi connectivity index (χ1n) is 10.5. The van der Waals surface area contributed by atoms with E-state index in [1.54, 1.807) is 11.9 Å². The molecule has 3 amide bonds. The molecular weight excluding hydrogens is 382 g/mol. The van der Waals surface area contributed by atoms with Crippen molar-refractivity contribution >= 4 is 23.6 Å². The molecule has 2 atom stereocenters. The number of imide groups is 1. The Hall–Kier alpha value is -2.87. The van der Waals surface area contributed by atoms with E-state index in [0.717, 1.165) is 23.5 Å². The van der Waals surface area contributed by atoms with Crippen LogP contribution in [0.15, 0.2) is 40.7 Å². The minimum Gasteiger partial charge on any atom is -0.380 e. The van der Waals surface area contributed by atoms with Crippen LogP contribution in [0.5, 0.6) is 0 Å². The maximum absolute atomic E-state index is 13.4. The lowest BCUT2D eigenvalue weighted by atomic mass is 10.1. The molecular formula is C22H29N5O3. The number of hydrogen-bond acceptors (Lipinski definition) is 6. The van der Waals surface area contributed by atoms with Gasteiger partial charge in [0.1, 0.15) is 0 Å². The Kier molecular flexibility index (Phi) is 5.27. The van der Waals surface area contributed by atoms with Gasteiger partial charge in [-0.2, -0.15) is 0 Å². The van der Waals surface area contributed by atoms with Gasteiger partial charge in [-0.05, 0) is 38.8 Å². The van der Waals surface area contributed by atoms with Gasteiger partial charge in [0.05, 0.1) is 18.8 Å². The van der Waals surface area contributed by atoms with Crippen LogP contribution in [0.2, 0.25) is 0 Å². The average molecular weight is 412 g/mol. The molecule has 0 aliphatic carbocycles. The number of nitrogens with zero attached hydrogens (tertiary/aromatic N) is 5. The van der Waals surface area contributed by atoms with E-state index in [9.17, 15) is 9.59 Å². The molecule has 1 aromatic carbocycles. The van der Waals surface area contributed by atoms with E-state index in [1.165, 1.54) is 10.5 Å². The van der Waals surface area contributed by atoms with Crippen LogP contribution in [0.1, 0.15) is 33.3 Å². The van der Waals surface area contributed by atoms with Crippen molar-refractivity contribution in [1.29, 1.82) is 0 Å². The van der Waals surface area contributed by atoms with Crippen LogP contribution in [0.25, 0.3) is 0 Å². The van der Waals surface area contributed by atoms with Gasteiger partial charge in [0.15, 0.2) is 12.2 Å². The fraction of sp³-hybridized carbons (Fsp3) is 0.500. The molecule has 8 heteroatoms. The van der Waals surface area contributed by atoms with Crippen molar-refractivity contribution in [3.8, 4) is 0 Å². The van der Waals surface area contributed by atoms with Gasteiger partial charge < -0.3 is 9.64 Å². The van der Waals surface area contributed by atoms with Crippen LogP contribution in [0, 0.1) is 0 Å². The van der Waals surface area contributed by atoms with Crippen molar-refractivity contribution in [3.63, 3.8) is 0 Å². The number of fused-ring (bicyclic) bond motifs is 3. The third-order valence-corrected chi connectivity index (χ3v) is 6.17. The zero-order valence-corrected chi connectivity index (χ0v) is 18.3. The Balaban J connectivity index is 1.72. The molecule has 160 valence electrons. The lowest BCUT2D eigenvalue weighted by molar-refractivity contribution is -0.137. The van der Waals surface area contributed by atoms with Crippen LogP contribution >= 0.6 is 0 Å². The molecule has 0 saturated carbocycles. The summed E-state index contributed by atoms with van der Waals surface area (Å²) in [6.45, 7) is 9.19. The monoisotopic (exact) mass is 411 g/mol. The number of allylic oxidation sites excluding steroid dienone is 2. The fourth-order valence-corrected chi connectivity index (χ4v) is 4.44. The molecule has 3 aliphatic heterocycles. The summed E-state index contributed by atoms with van der Waals surface area (Å²) >= 11 is 0. The van der Waals surface area contributed by atoms with Gasteiger partial charge in [-0.1, -0.05) is 25.1 Å². The number of benzene rings is 1. The highest BCUT2D eigenvalue weighted by Crippen LogP contribution is 2.40. The summed E-state index contributed by atoms with van der Waals surface area (Å²) in [7, 11) is 1.71. The number of carbonyl (C=O) groups excluding carboxylic acids is 2. The number of aryl methyl sites for hydroxylation is 1. The Morgan fingerprint density at radius 2 is 1.83 bits per heavy atom. The van der Waals surface area contributed by atoms with Crippen molar-refractivity contribution in [2.45, 2.75) is 46.3 Å². The van der Waals surface area contributed by atoms with Crippen molar-refractivity contribution in [2.75, 3.05) is 31.7 Å². The Labute approximate surface area is 177 Å². The zero-order chi connectivity index (χ0) is 21.6. The molecule has 0 aromatic heterocycles. The highest BCUT2D eigenvalue weighted by Gasteiger charge is 2.55. The summed E-state index contributed by atoms with van der Waals surface area (Å²) in [4.78, 5) is 38.1. The third-order valence-electron chi connectivity index (χ3n) is 6.17. The molecule has 0 N–H and O–H groups in total. The number of likely N-dealkylation sites (N-methyl/N-ethyl adjacent to an activating group) is 1. The number of rotatable bonds is 6. The second-order valence-electron chi connectivity index (χ2n) is 7.73. The number of aliphatic imine (C=N–C) groups is 1. The van der Waals surface area contributed by atoms with Gasteiger partial charge in [-0.25, -0.2) is 9.79 Å². The predicted octanol–water partition coefficient (Wildman–Crippen LogP) is 2.62. The second-order valence-corrected chi connectivity index (χ2v) is 7.73. The molecule has 2 unspecified atom stereocenters. The molecule has 1 saturated heterocycles. The van der Waals surface area contributed by atoms with E-state index in [1.807, 2.05) is 37.8 Å². The normalized spacial score (nSPS) is 23.4. The minimum absolute atomic E-state index is 0.223. The molecule has 30 heavy (non-hydrogen) atoms. The predicted molar refractivity (Wildman–Crippen MR) is 115 cm³/mol. The fourth-order valence-electron chi connectivity index (χ4n) is 4.44. The van der Waals surface area contributed by atoms with Crippen LogP contribution in [0.4, 0.5) is 10.5 Å². The molecule has 1 fully saturated rings. The molecule has 0 bridgehead atoms. The van der Waals surface area contributed by atoms with Crippen molar-refractivity contribution in [2.24, 2.45) is 4.99 Å². The highest BCUT2D eigenvalue weighted by molar-refractivity contribution is 6.10. The summed E-state index contributed by atoms with van der Waals surface area (Å²) in [5, 5.41) is 0. The van der Waals surface area contributed by atoms with Gasteiger partial charge in [-0.15, -0.1) is 0 Å². The van der Waals surface area contributed by atoms with Crippen molar-refractivity contribution < 1.29 is 14.3 Å². The lowest BCUT2D eigenvalue weighted by Crippen LogP contribution is -2.65. The molecule has 4 rings (SSSR count). The number of carbonyl (C=O) groups is 2. The molecule has 8 nitrogen and oxygen atoms in total. The second kappa shape index (κ2) is 7.75. The summed E-state index contributed by atoms with van der Waals surface area (Å²) in [6.07, 6.45) is 0.351. The average Bonchev–Trinajstić information content (AvgIpc) is 3.24. The van der Waals surface area contributed by atoms with Gasteiger partial charge in [0, 0.05) is 25.0 Å². The number of guanidine groups is 1. The van der Waals surface area contributed by atoms with E-state index in [2.05, 4.69) is 24.0 Å². The number of para-hydroxylation sites is 1. The number of amides is 3. The highest BCUT2D eigenvalue weighted by atomic mass is 16.5. The first kappa shape index (κ1) is 20.4. The summed E-state index contributed by atoms with van der Waals surface area (Å²) < 4.78 is 5.38. The van der Waals surface area contributed by atoms with Crippen LogP contribution in [-0.2, 0) is 16.0 Å². The molecule has 3 aliphatic rings. The topological polar surface area (TPSA) is 68.7 Å². The van der Waals surface area contributed by atoms with Crippen LogP contribution < -0.4 is 4.90 Å². The van der Waals surface area contributed by atoms with E-state index in [4.69, 9.17) is 9.73 Å². The molecule has 0 radical (unpaired) electrons. The largest absolute Gasteiger partial charge is 0.380 e. The minimum atomic E-state index is -0.557. The van der Waals surface area contributed by atoms with Crippen LogP contribution in [0.3, 0.4) is 0 Å². The number of urea groups is 1. The molecule has 0 spiro atoms. The zero-order valence-electron chi connectivity index (χ0n) is 18.3. The Morgan fingerprint density at radius 1 is 1.10 bits per heavy atom. The summed E-state index contributed by atoms with van der Waals surface area (Å²) in [5.74, 6) is 0.486. The standard InChI is InChI=1S/C22H29N5O3/c1-6-16-10-8-9-11-17(16)26-14(3)15(4)27-18-19(23-21(26)27)24(5)22(29)25(20(18)28)12-13-30-7-2/h8-11,18-19H,6-7,12-13H2,1-5H3.